The molecule has 0 spiro atoms. The van der Waals surface area contributed by atoms with Crippen LogP contribution in [0.25, 0.3) is 0 Å². The van der Waals surface area contributed by atoms with Crippen LogP contribution in [0.15, 0.2) is 113 Å². The molecule has 1 aliphatic heterocycles. The minimum absolute atomic E-state index is 0.00795. The Balaban J connectivity index is 1.42. The maximum absolute atomic E-state index is 13.3. The fourth-order valence-corrected chi connectivity index (χ4v) is 8.94. The summed E-state index contributed by atoms with van der Waals surface area (Å²) in [4.78, 5) is 32.4. The second-order valence-electron chi connectivity index (χ2n) is 14.3. The fourth-order valence-electron chi connectivity index (χ4n) is 7.43. The van der Waals surface area contributed by atoms with Crippen molar-refractivity contribution in [2.24, 2.45) is 5.92 Å². The van der Waals surface area contributed by atoms with Gasteiger partial charge in [-0.3, -0.25) is 18.7 Å². The molecular formula is C44H52N5O8P. The molecule has 3 aromatic carbocycles. The number of methoxy groups -OCH3 is 2. The molecule has 3 heterocycles. The SMILES string of the molecule is CCCCC(CC)C(CC#N)OP(O[C@H]1C[C@H](n2cc(C)c(=O)[nH]c2=O)O[C@@H]1COC(c1ccccc1)(c1ccc(OC)cc1)c1ccc(OC)cc1)n1ccnc1. The molecule has 1 saturated heterocycles. The lowest BCUT2D eigenvalue weighted by atomic mass is 9.80. The standard InChI is InChI=1S/C44H52N5O8P/c1-6-8-12-32(7-2)38(23-24-45)56-58(48-26-25-46-30-48)57-39-27-41(49-28-31(3)42(50)47-43(49)51)55-40(39)29-54-44(33-13-10-9-11-14-33,34-15-19-36(52-4)20-16-34)35-17-21-37(53-5)22-18-35/h9-11,13-22,25-26,28,30,32,38-41H,6-8,12,23,27,29H2,1-5H3,(H,47,50,51)/t32?,38?,39-,40+,41+,58?/m0/s1. The molecule has 58 heavy (non-hydrogen) atoms. The molecule has 0 saturated carbocycles. The summed E-state index contributed by atoms with van der Waals surface area (Å²) in [5, 5.41) is 9.90. The zero-order valence-corrected chi connectivity index (χ0v) is 34.5. The third-order valence-corrected chi connectivity index (χ3v) is 12.2. The van der Waals surface area contributed by atoms with Gasteiger partial charge >= 0.3 is 5.69 Å². The third kappa shape index (κ3) is 9.60. The number of aromatic nitrogens is 4. The number of hydrogen-bond donors (Lipinski definition) is 1. The van der Waals surface area contributed by atoms with E-state index in [9.17, 15) is 14.9 Å². The molecular weight excluding hydrogens is 757 g/mol. The molecule has 6 rings (SSSR count). The number of ether oxygens (including phenoxy) is 4. The Labute approximate surface area is 340 Å². The first kappa shape index (κ1) is 42.5. The van der Waals surface area contributed by atoms with E-state index < -0.39 is 43.8 Å². The molecule has 0 amide bonds. The summed E-state index contributed by atoms with van der Waals surface area (Å²) in [6.45, 7) is 5.91. The first-order chi connectivity index (χ1) is 28.2. The molecule has 306 valence electrons. The van der Waals surface area contributed by atoms with Gasteiger partial charge in [0.2, 0.25) is 0 Å². The maximum Gasteiger partial charge on any atom is 0.330 e. The lowest BCUT2D eigenvalue weighted by molar-refractivity contribution is -0.0923. The van der Waals surface area contributed by atoms with Crippen LogP contribution in [0.4, 0.5) is 0 Å². The van der Waals surface area contributed by atoms with Gasteiger partial charge in [-0.1, -0.05) is 87.7 Å². The molecule has 1 fully saturated rings. The highest BCUT2D eigenvalue weighted by atomic mass is 31.2. The zero-order valence-electron chi connectivity index (χ0n) is 33.7. The molecule has 6 atom stereocenters. The van der Waals surface area contributed by atoms with Gasteiger partial charge in [0.15, 0.2) is 0 Å². The Bertz CT molecular complexity index is 2140. The van der Waals surface area contributed by atoms with E-state index in [4.69, 9.17) is 28.0 Å². The van der Waals surface area contributed by atoms with Gasteiger partial charge in [-0.2, -0.15) is 5.26 Å². The van der Waals surface area contributed by atoms with Crippen LogP contribution in [0.2, 0.25) is 0 Å². The normalized spacial score (nSPS) is 18.3. The average molecular weight is 810 g/mol. The lowest BCUT2D eigenvalue weighted by Gasteiger charge is -2.37. The number of unbranched alkanes of at least 4 members (excludes halogenated alkanes) is 1. The van der Waals surface area contributed by atoms with Gasteiger partial charge < -0.3 is 28.0 Å². The number of nitriles is 1. The highest BCUT2D eigenvalue weighted by Crippen LogP contribution is 2.49. The van der Waals surface area contributed by atoms with Crippen LogP contribution in [-0.4, -0.2) is 58.0 Å². The maximum atomic E-state index is 13.3. The van der Waals surface area contributed by atoms with E-state index in [1.54, 1.807) is 44.2 Å². The summed E-state index contributed by atoms with van der Waals surface area (Å²) in [7, 11) is 1.40. The van der Waals surface area contributed by atoms with Crippen molar-refractivity contribution in [1.82, 2.24) is 18.9 Å². The average Bonchev–Trinajstić information content (AvgIpc) is 3.94. The first-order valence-electron chi connectivity index (χ1n) is 19.7. The first-order valence-corrected chi connectivity index (χ1v) is 20.8. The van der Waals surface area contributed by atoms with E-state index in [0.717, 1.165) is 42.4 Å². The number of hydrogen-bond acceptors (Lipinski definition) is 10. The molecule has 0 aliphatic carbocycles. The van der Waals surface area contributed by atoms with Gasteiger partial charge in [-0.05, 0) is 60.2 Å². The number of aromatic amines is 1. The number of H-pyrrole nitrogens is 1. The van der Waals surface area contributed by atoms with Gasteiger partial charge in [0, 0.05) is 30.6 Å². The van der Waals surface area contributed by atoms with Crippen LogP contribution in [0.1, 0.15) is 80.9 Å². The quantitative estimate of drug-likeness (QED) is 0.0604. The predicted molar refractivity (Wildman–Crippen MR) is 221 cm³/mol. The Morgan fingerprint density at radius 2 is 1.64 bits per heavy atom. The van der Waals surface area contributed by atoms with E-state index in [1.165, 1.54) is 10.8 Å². The second kappa shape index (κ2) is 20.1. The Morgan fingerprint density at radius 1 is 0.983 bits per heavy atom. The van der Waals surface area contributed by atoms with Crippen LogP contribution in [-0.2, 0) is 24.1 Å². The second-order valence-corrected chi connectivity index (χ2v) is 15.7. The van der Waals surface area contributed by atoms with Crippen molar-refractivity contribution in [1.29, 1.82) is 5.26 Å². The van der Waals surface area contributed by atoms with Crippen LogP contribution in [0.5, 0.6) is 11.5 Å². The van der Waals surface area contributed by atoms with Crippen LogP contribution >= 0.6 is 8.53 Å². The van der Waals surface area contributed by atoms with Gasteiger partial charge in [0.25, 0.3) is 14.1 Å². The van der Waals surface area contributed by atoms with Crippen LogP contribution < -0.4 is 20.7 Å². The van der Waals surface area contributed by atoms with Gasteiger partial charge in [-0.15, -0.1) is 0 Å². The topological polar surface area (TPSA) is 152 Å². The van der Waals surface area contributed by atoms with Gasteiger partial charge in [-0.25, -0.2) is 9.78 Å². The number of rotatable bonds is 20. The van der Waals surface area contributed by atoms with Crippen molar-refractivity contribution >= 4 is 8.53 Å². The van der Waals surface area contributed by atoms with Crippen molar-refractivity contribution in [3.8, 4) is 17.6 Å². The molecule has 2 aromatic heterocycles. The molecule has 0 bridgehead atoms. The van der Waals surface area contributed by atoms with E-state index >= 15 is 0 Å². The third-order valence-electron chi connectivity index (χ3n) is 10.7. The van der Waals surface area contributed by atoms with E-state index in [0.29, 0.717) is 17.1 Å². The Hall–Kier alpha value is -5.09. The van der Waals surface area contributed by atoms with Gasteiger partial charge in [0.05, 0.1) is 45.5 Å². The Kier molecular flexibility index (Phi) is 14.7. The molecule has 14 heteroatoms. The summed E-state index contributed by atoms with van der Waals surface area (Å²) in [6, 6.07) is 27.8. The minimum Gasteiger partial charge on any atom is -0.497 e. The molecule has 5 aromatic rings. The monoisotopic (exact) mass is 809 g/mol. The van der Waals surface area contributed by atoms with Crippen LogP contribution in [0.3, 0.4) is 0 Å². The number of imidazole rings is 1. The van der Waals surface area contributed by atoms with Crippen molar-refractivity contribution in [3.63, 3.8) is 0 Å². The smallest absolute Gasteiger partial charge is 0.330 e. The highest BCUT2D eigenvalue weighted by Gasteiger charge is 2.45. The fraction of sp³-hybridized carbons (Fsp3) is 0.409. The number of nitrogens with one attached hydrogen (secondary N) is 1. The summed E-state index contributed by atoms with van der Waals surface area (Å²) in [5.74, 6) is 1.53. The summed E-state index contributed by atoms with van der Waals surface area (Å²) in [5.41, 5.74) is 0.686. The summed E-state index contributed by atoms with van der Waals surface area (Å²) >= 11 is 0. The molecule has 1 N–H and O–H groups in total. The number of aryl methyl sites for hydroxylation is 1. The summed E-state index contributed by atoms with van der Waals surface area (Å²) in [6.07, 6.45) is 8.24. The molecule has 1 aliphatic rings. The highest BCUT2D eigenvalue weighted by molar-refractivity contribution is 7.45. The molecule has 3 unspecified atom stereocenters. The van der Waals surface area contributed by atoms with E-state index in [2.05, 4.69) is 29.9 Å². The van der Waals surface area contributed by atoms with Crippen LogP contribution in [0, 0.1) is 24.2 Å². The van der Waals surface area contributed by atoms with Crippen molar-refractivity contribution in [3.05, 3.63) is 147 Å². The zero-order chi connectivity index (χ0) is 41.1. The largest absolute Gasteiger partial charge is 0.497 e. The van der Waals surface area contributed by atoms with Crippen molar-refractivity contribution in [2.75, 3.05) is 20.8 Å². The lowest BCUT2D eigenvalue weighted by Crippen LogP contribution is -2.38. The molecule has 0 radical (unpaired) electrons. The Morgan fingerprint density at radius 3 is 2.21 bits per heavy atom. The number of nitrogens with zero attached hydrogens (tertiary/aromatic N) is 4. The molecule has 13 nitrogen and oxygen atoms in total. The summed E-state index contributed by atoms with van der Waals surface area (Å²) < 4.78 is 42.0. The van der Waals surface area contributed by atoms with Gasteiger partial charge in [0.1, 0.15) is 35.8 Å². The number of benzene rings is 3. The van der Waals surface area contributed by atoms with Crippen molar-refractivity contribution in [2.45, 2.75) is 89.4 Å². The van der Waals surface area contributed by atoms with Crippen molar-refractivity contribution < 1.29 is 28.0 Å². The van der Waals surface area contributed by atoms with E-state index in [-0.39, 0.29) is 31.5 Å². The predicted octanol–water partition coefficient (Wildman–Crippen LogP) is 8.03. The van der Waals surface area contributed by atoms with E-state index in [1.807, 2.05) is 78.9 Å². The minimum atomic E-state index is -1.85.